The second-order valence-electron chi connectivity index (χ2n) is 6.65. The number of rotatable bonds is 1. The minimum atomic E-state index is 1.05. The van der Waals surface area contributed by atoms with Crippen LogP contribution < -0.4 is 0 Å². The van der Waals surface area contributed by atoms with Gasteiger partial charge in [-0.1, -0.05) is 62.1 Å². The van der Waals surface area contributed by atoms with Gasteiger partial charge in [0.25, 0.3) is 0 Å². The fraction of sp³-hybridized carbons (Fsp3) is 0.545. The van der Waals surface area contributed by atoms with Gasteiger partial charge >= 0.3 is 0 Å². The molecule has 1 aliphatic carbocycles. The summed E-state index contributed by atoms with van der Waals surface area (Å²) in [4.78, 5) is 0. The Morgan fingerprint density at radius 2 is 1.33 bits per heavy atom. The van der Waals surface area contributed by atoms with E-state index in [9.17, 15) is 0 Å². The van der Waals surface area contributed by atoms with Crippen molar-refractivity contribution in [1.82, 2.24) is 0 Å². The molecule has 0 aromatic rings. The van der Waals surface area contributed by atoms with Crippen LogP contribution in [0.1, 0.15) is 77.0 Å². The van der Waals surface area contributed by atoms with Gasteiger partial charge in [-0.05, 0) is 63.0 Å². The van der Waals surface area contributed by atoms with Crippen LogP contribution in [0.5, 0.6) is 0 Å². The summed E-state index contributed by atoms with van der Waals surface area (Å²) < 4.78 is 0. The summed E-state index contributed by atoms with van der Waals surface area (Å²) in [7, 11) is 0. The van der Waals surface area contributed by atoms with Crippen molar-refractivity contribution in [3.63, 3.8) is 0 Å². The Labute approximate surface area is 147 Å². The lowest BCUT2D eigenvalue weighted by molar-refractivity contribution is 0.644. The molecule has 0 fully saturated rings. The molecular formula is C22H32N2. The maximum atomic E-state index is 4.56. The number of hydrogen-bond acceptors (Lipinski definition) is 2. The van der Waals surface area contributed by atoms with Gasteiger partial charge in [-0.2, -0.15) is 10.2 Å². The van der Waals surface area contributed by atoms with Crippen LogP contribution in [0.4, 0.5) is 0 Å². The first-order chi connectivity index (χ1) is 12.0. The molecule has 2 aliphatic rings. The average Bonchev–Trinajstić information content (AvgIpc) is 2.56. The first kappa shape index (κ1) is 18.6. The number of nitrogens with zero attached hydrogens (tertiary/aromatic N) is 2. The van der Waals surface area contributed by atoms with E-state index in [1.54, 1.807) is 0 Å². The highest BCUT2D eigenvalue weighted by atomic mass is 15.2. The molecule has 0 saturated heterocycles. The molecule has 0 saturated carbocycles. The smallest absolute Gasteiger partial charge is 0.0662 e. The summed E-state index contributed by atoms with van der Waals surface area (Å²) in [6.45, 7) is 0. The molecule has 0 spiro atoms. The molecule has 0 radical (unpaired) electrons. The Balaban J connectivity index is 2.12. The van der Waals surface area contributed by atoms with E-state index in [-0.39, 0.29) is 0 Å². The van der Waals surface area contributed by atoms with Crippen molar-refractivity contribution in [3.05, 3.63) is 48.1 Å². The third-order valence-corrected chi connectivity index (χ3v) is 4.59. The van der Waals surface area contributed by atoms with Gasteiger partial charge in [-0.15, -0.1) is 0 Å². The normalized spacial score (nSPS) is 31.3. The van der Waals surface area contributed by atoms with Crippen molar-refractivity contribution in [1.29, 1.82) is 0 Å². The number of allylic oxidation sites excluding steroid dienone is 8. The van der Waals surface area contributed by atoms with Crippen LogP contribution in [0.2, 0.25) is 0 Å². The van der Waals surface area contributed by atoms with Crippen LogP contribution in [0, 0.1) is 0 Å². The fourth-order valence-electron chi connectivity index (χ4n) is 3.15. The molecule has 0 N–H and O–H groups in total. The predicted octanol–water partition coefficient (Wildman–Crippen LogP) is 6.72. The summed E-state index contributed by atoms with van der Waals surface area (Å²) >= 11 is 0. The van der Waals surface area contributed by atoms with E-state index < -0.39 is 0 Å². The Bertz CT molecular complexity index is 470. The quantitative estimate of drug-likeness (QED) is 0.511. The third kappa shape index (κ3) is 8.24. The summed E-state index contributed by atoms with van der Waals surface area (Å²) in [6, 6.07) is 0. The molecule has 130 valence electrons. The standard InChI is InChI=1S/C22H32N2/c1-2-5-9-13-17-21(18-14-10-6-3-1)22-19-15-11-7-4-8-12-16-20-23-24-22/h2,5,9,12-13,16-17,20H,1,3-4,6-8,10-11,14-15,18-19H2/b5-2-,13-9+,16-12-,21-17-,23-20+,24-22+. The molecule has 2 rings (SSSR count). The predicted molar refractivity (Wildman–Crippen MR) is 107 cm³/mol. The van der Waals surface area contributed by atoms with E-state index in [4.69, 9.17) is 0 Å². The lowest BCUT2D eigenvalue weighted by Gasteiger charge is -2.11. The summed E-state index contributed by atoms with van der Waals surface area (Å²) in [5.74, 6) is 0. The van der Waals surface area contributed by atoms with Crippen molar-refractivity contribution in [2.45, 2.75) is 77.0 Å². The van der Waals surface area contributed by atoms with Crippen LogP contribution in [-0.2, 0) is 0 Å². The lowest BCUT2D eigenvalue weighted by atomic mass is 9.97. The monoisotopic (exact) mass is 324 g/mol. The third-order valence-electron chi connectivity index (χ3n) is 4.59. The van der Waals surface area contributed by atoms with Gasteiger partial charge in [0.2, 0.25) is 0 Å². The van der Waals surface area contributed by atoms with E-state index in [0.717, 1.165) is 19.3 Å². The minimum absolute atomic E-state index is 1.05. The Hall–Kier alpha value is -1.70. The molecule has 24 heavy (non-hydrogen) atoms. The summed E-state index contributed by atoms with van der Waals surface area (Å²) in [5, 5.41) is 8.85. The maximum absolute atomic E-state index is 4.56. The van der Waals surface area contributed by atoms with Gasteiger partial charge in [0, 0.05) is 6.21 Å². The molecule has 0 atom stereocenters. The Morgan fingerprint density at radius 1 is 0.625 bits per heavy atom. The first-order valence-corrected chi connectivity index (χ1v) is 9.74. The highest BCUT2D eigenvalue weighted by Gasteiger charge is 2.08. The number of hydrogen-bond donors (Lipinski definition) is 0. The Morgan fingerprint density at radius 3 is 2.17 bits per heavy atom. The van der Waals surface area contributed by atoms with Crippen molar-refractivity contribution in [2.75, 3.05) is 0 Å². The zero-order chi connectivity index (χ0) is 16.7. The average molecular weight is 325 g/mol. The van der Waals surface area contributed by atoms with E-state index in [2.05, 4.69) is 46.7 Å². The molecular weight excluding hydrogens is 292 g/mol. The van der Waals surface area contributed by atoms with Gasteiger partial charge in [-0.3, -0.25) is 0 Å². The second-order valence-corrected chi connectivity index (χ2v) is 6.65. The molecule has 0 amide bonds. The van der Waals surface area contributed by atoms with Crippen molar-refractivity contribution in [3.8, 4) is 0 Å². The highest BCUT2D eigenvalue weighted by Crippen LogP contribution is 2.18. The molecule has 0 bridgehead atoms. The molecule has 0 aromatic carbocycles. The van der Waals surface area contributed by atoms with E-state index in [1.807, 2.05) is 12.3 Å². The maximum Gasteiger partial charge on any atom is 0.0662 e. The van der Waals surface area contributed by atoms with Crippen LogP contribution in [0.15, 0.2) is 58.3 Å². The topological polar surface area (TPSA) is 24.7 Å². The fourth-order valence-corrected chi connectivity index (χ4v) is 3.15. The minimum Gasteiger partial charge on any atom is -0.159 e. The Kier molecular flexibility index (Phi) is 9.85. The highest BCUT2D eigenvalue weighted by molar-refractivity contribution is 6.00. The van der Waals surface area contributed by atoms with E-state index in [1.165, 1.54) is 69.1 Å². The van der Waals surface area contributed by atoms with Gasteiger partial charge in [0.05, 0.1) is 5.71 Å². The zero-order valence-corrected chi connectivity index (χ0v) is 15.0. The molecule has 0 aromatic heterocycles. The van der Waals surface area contributed by atoms with Crippen molar-refractivity contribution >= 4 is 11.9 Å². The van der Waals surface area contributed by atoms with Crippen molar-refractivity contribution < 1.29 is 0 Å². The van der Waals surface area contributed by atoms with Gasteiger partial charge in [-0.25, -0.2) is 0 Å². The van der Waals surface area contributed by atoms with Crippen LogP contribution in [0.3, 0.4) is 0 Å². The molecule has 1 aliphatic heterocycles. The second kappa shape index (κ2) is 12.7. The van der Waals surface area contributed by atoms with Gasteiger partial charge in [0.1, 0.15) is 0 Å². The van der Waals surface area contributed by atoms with Gasteiger partial charge < -0.3 is 0 Å². The summed E-state index contributed by atoms with van der Waals surface area (Å²) in [5.41, 5.74) is 2.56. The summed E-state index contributed by atoms with van der Waals surface area (Å²) in [6.07, 6.45) is 31.9. The van der Waals surface area contributed by atoms with Gasteiger partial charge in [0.15, 0.2) is 0 Å². The molecule has 2 nitrogen and oxygen atoms in total. The van der Waals surface area contributed by atoms with Crippen LogP contribution >= 0.6 is 0 Å². The molecule has 1 heterocycles. The zero-order valence-electron chi connectivity index (χ0n) is 15.0. The first-order valence-electron chi connectivity index (χ1n) is 9.74. The SMILES string of the molecule is C1=C\CCCCCCC(/C2=N/N=C/C=C\CCCCCC2)=C/C=C/1. The molecule has 2 heteroatoms. The molecule has 0 unspecified atom stereocenters. The van der Waals surface area contributed by atoms with Crippen LogP contribution in [-0.4, -0.2) is 11.9 Å². The largest absolute Gasteiger partial charge is 0.159 e. The van der Waals surface area contributed by atoms with Crippen LogP contribution in [0.25, 0.3) is 0 Å². The lowest BCUT2D eigenvalue weighted by Crippen LogP contribution is -2.04. The van der Waals surface area contributed by atoms with E-state index >= 15 is 0 Å². The van der Waals surface area contributed by atoms with E-state index in [0.29, 0.717) is 0 Å². The van der Waals surface area contributed by atoms with Crippen molar-refractivity contribution in [2.24, 2.45) is 10.2 Å².